The summed E-state index contributed by atoms with van der Waals surface area (Å²) >= 11 is 0. The molecule has 1 N–H and O–H groups in total. The summed E-state index contributed by atoms with van der Waals surface area (Å²) in [6.45, 7) is 11.5. The highest BCUT2D eigenvalue weighted by molar-refractivity contribution is 6.39. The second-order valence-corrected chi connectivity index (χ2v) is 13.4. The van der Waals surface area contributed by atoms with E-state index in [1.807, 2.05) is 12.1 Å². The Bertz CT molecular complexity index is 1310. The van der Waals surface area contributed by atoms with Gasteiger partial charge in [-0.2, -0.15) is 0 Å². The van der Waals surface area contributed by atoms with Crippen LogP contribution in [0.1, 0.15) is 58.6 Å². The van der Waals surface area contributed by atoms with Crippen LogP contribution in [0.5, 0.6) is 0 Å². The molecule has 1 atom stereocenters. The first kappa shape index (κ1) is 34.4. The number of carbonyl (C=O) groups excluding carboxylic acids is 3. The van der Waals surface area contributed by atoms with Crippen LogP contribution in [0.4, 0.5) is 4.39 Å². The standard InChI is InChI=1S/C31H45B3FN3O5/c1-21-9-7-10-24(13-15-38(26(21)40)30(32,14-8-16-39)27(41)36-6)42-18-22-17-23(11-12-25(22)35)31(33,34)37-19-28(2,3)43-29(4,5)20-37/h7,9-13,16-17H,8,14-15,18-20,32-34H2,1-6H3,(H,36,41)/b10-7-,21-9+,24-13-. The quantitative estimate of drug-likeness (QED) is 0.322. The third-order valence-corrected chi connectivity index (χ3v) is 8.36. The SMILES string of the molecule is BC(CCC=O)(C(=O)NC)N1C/C=C(OCc2cc(C(B)(B)N3CC(C)(C)OC(C)(C)C3)ccc2F)/C=C\C=C(/C)C1=O. The first-order chi connectivity index (χ1) is 20.0. The zero-order chi connectivity index (χ0) is 32.2. The van der Waals surface area contributed by atoms with E-state index in [9.17, 15) is 14.4 Å². The lowest BCUT2D eigenvalue weighted by Crippen LogP contribution is -2.63. The maximum Gasteiger partial charge on any atom is 0.250 e. The van der Waals surface area contributed by atoms with Crippen LogP contribution in [-0.2, 0) is 35.8 Å². The van der Waals surface area contributed by atoms with Crippen molar-refractivity contribution in [1.29, 1.82) is 0 Å². The van der Waals surface area contributed by atoms with Crippen LogP contribution in [0.3, 0.4) is 0 Å². The molecule has 43 heavy (non-hydrogen) atoms. The number of rotatable bonds is 10. The maximum atomic E-state index is 15.1. The highest BCUT2D eigenvalue weighted by Crippen LogP contribution is 2.35. The van der Waals surface area contributed by atoms with Gasteiger partial charge in [0.2, 0.25) is 11.8 Å². The molecule has 12 heteroatoms. The molecule has 0 saturated carbocycles. The summed E-state index contributed by atoms with van der Waals surface area (Å²) in [5.41, 5.74) is -0.113. The number of benzene rings is 1. The smallest absolute Gasteiger partial charge is 0.250 e. The Balaban J connectivity index is 1.88. The number of halogens is 1. The molecule has 1 fully saturated rings. The van der Waals surface area contributed by atoms with Gasteiger partial charge in [-0.1, -0.05) is 18.2 Å². The Morgan fingerprint density at radius 1 is 1.19 bits per heavy atom. The molecule has 0 bridgehead atoms. The summed E-state index contributed by atoms with van der Waals surface area (Å²) < 4.78 is 27.5. The molecule has 2 aliphatic heterocycles. The van der Waals surface area contributed by atoms with Gasteiger partial charge in [0.05, 0.1) is 16.6 Å². The number of hydrogen-bond donors (Lipinski definition) is 1. The van der Waals surface area contributed by atoms with E-state index in [2.05, 4.69) is 53.6 Å². The molecule has 3 rings (SSSR count). The fourth-order valence-electron chi connectivity index (χ4n) is 6.01. The van der Waals surface area contributed by atoms with E-state index in [0.717, 1.165) is 24.9 Å². The van der Waals surface area contributed by atoms with Crippen molar-refractivity contribution in [3.8, 4) is 0 Å². The second-order valence-electron chi connectivity index (χ2n) is 13.4. The summed E-state index contributed by atoms with van der Waals surface area (Å²) in [5.74, 6) is -0.635. The van der Waals surface area contributed by atoms with E-state index >= 15 is 4.39 Å². The van der Waals surface area contributed by atoms with Crippen molar-refractivity contribution < 1.29 is 28.2 Å². The highest BCUT2D eigenvalue weighted by Gasteiger charge is 2.44. The Morgan fingerprint density at radius 2 is 1.84 bits per heavy atom. The maximum absolute atomic E-state index is 15.1. The molecule has 8 nitrogen and oxygen atoms in total. The molecule has 2 amide bonds. The Kier molecular flexibility index (Phi) is 10.6. The number of likely N-dealkylation sites (N-methyl/N-ethyl adjacent to an activating group) is 1. The topological polar surface area (TPSA) is 88.2 Å². The minimum atomic E-state index is -1.26. The predicted octanol–water partition coefficient (Wildman–Crippen LogP) is 0.891. The van der Waals surface area contributed by atoms with Gasteiger partial charge >= 0.3 is 0 Å². The number of nitrogens with zero attached hydrogens (tertiary/aromatic N) is 2. The predicted molar refractivity (Wildman–Crippen MR) is 174 cm³/mol. The summed E-state index contributed by atoms with van der Waals surface area (Å²) in [5, 5.41) is 2.23. The van der Waals surface area contributed by atoms with E-state index in [1.165, 1.54) is 18.0 Å². The normalized spacial score (nSPS) is 23.7. The number of amides is 2. The number of aldehydes is 1. The highest BCUT2D eigenvalue weighted by atomic mass is 19.1. The molecule has 0 radical (unpaired) electrons. The first-order valence-corrected chi connectivity index (χ1v) is 14.9. The Hall–Kier alpha value is -3.11. The van der Waals surface area contributed by atoms with Gasteiger partial charge < -0.3 is 29.4 Å². The van der Waals surface area contributed by atoms with Gasteiger partial charge in [0.25, 0.3) is 0 Å². The fraction of sp³-hybridized carbons (Fsp3) is 0.516. The number of nitrogens with one attached hydrogen (secondary N) is 1. The number of ether oxygens (including phenoxy) is 2. The third-order valence-electron chi connectivity index (χ3n) is 8.36. The largest absolute Gasteiger partial charge is 0.489 e. The van der Waals surface area contributed by atoms with Gasteiger partial charge in [0.1, 0.15) is 48.0 Å². The van der Waals surface area contributed by atoms with Crippen LogP contribution in [0, 0.1) is 5.82 Å². The number of hydrogen-bond acceptors (Lipinski definition) is 6. The zero-order valence-corrected chi connectivity index (χ0v) is 27.2. The fourth-order valence-corrected chi connectivity index (χ4v) is 6.01. The van der Waals surface area contributed by atoms with Crippen molar-refractivity contribution in [1.82, 2.24) is 15.1 Å². The second kappa shape index (κ2) is 13.3. The number of morpholine rings is 1. The van der Waals surface area contributed by atoms with Gasteiger partial charge in [-0.3, -0.25) is 9.59 Å². The van der Waals surface area contributed by atoms with Crippen LogP contribution in [0.25, 0.3) is 0 Å². The van der Waals surface area contributed by atoms with Crippen molar-refractivity contribution in [3.63, 3.8) is 0 Å². The summed E-state index contributed by atoms with van der Waals surface area (Å²) in [7, 11) is 7.43. The van der Waals surface area contributed by atoms with E-state index in [0.29, 0.717) is 16.9 Å². The Labute approximate surface area is 258 Å². The average molecular weight is 591 g/mol. The lowest BCUT2D eigenvalue weighted by molar-refractivity contribution is -0.186. The monoisotopic (exact) mass is 591 g/mol. The molecule has 1 aromatic carbocycles. The number of carbonyl (C=O) groups is 3. The average Bonchev–Trinajstić information content (AvgIpc) is 2.98. The molecule has 2 heterocycles. The van der Waals surface area contributed by atoms with Gasteiger partial charge in [0.15, 0.2) is 0 Å². The lowest BCUT2D eigenvalue weighted by Gasteiger charge is -2.53. The van der Waals surface area contributed by atoms with Gasteiger partial charge in [-0.05, 0) is 76.2 Å². The summed E-state index contributed by atoms with van der Waals surface area (Å²) in [6.07, 6.45) is 7.78. The first-order valence-electron chi connectivity index (χ1n) is 14.9. The van der Waals surface area contributed by atoms with Gasteiger partial charge in [-0.25, -0.2) is 4.39 Å². The van der Waals surface area contributed by atoms with Gasteiger partial charge in [0, 0.05) is 44.2 Å². The van der Waals surface area contributed by atoms with Crippen LogP contribution in [-0.4, -0.2) is 94.8 Å². The van der Waals surface area contributed by atoms with Crippen molar-refractivity contribution in [2.45, 2.75) is 76.0 Å². The van der Waals surface area contributed by atoms with Crippen molar-refractivity contribution in [2.75, 3.05) is 26.7 Å². The minimum absolute atomic E-state index is 0.0273. The summed E-state index contributed by atoms with van der Waals surface area (Å²) in [4.78, 5) is 41.3. The van der Waals surface area contributed by atoms with Crippen LogP contribution in [0.15, 0.2) is 53.8 Å². The van der Waals surface area contributed by atoms with E-state index in [1.54, 1.807) is 39.1 Å². The van der Waals surface area contributed by atoms with E-state index in [4.69, 9.17) is 9.47 Å². The van der Waals surface area contributed by atoms with Gasteiger partial charge in [-0.15, -0.1) is 0 Å². The molecule has 0 aromatic heterocycles. The number of allylic oxidation sites excluding steroid dienone is 3. The van der Waals surface area contributed by atoms with Crippen molar-refractivity contribution in [2.24, 2.45) is 0 Å². The molecule has 1 saturated heterocycles. The lowest BCUT2D eigenvalue weighted by atomic mass is 9.56. The van der Waals surface area contributed by atoms with E-state index < -0.39 is 10.8 Å². The molecule has 230 valence electrons. The molecule has 2 aliphatic rings. The van der Waals surface area contributed by atoms with Crippen molar-refractivity contribution in [3.05, 3.63) is 70.8 Å². The molecule has 0 aliphatic carbocycles. The molecular weight excluding hydrogens is 546 g/mol. The van der Waals surface area contributed by atoms with E-state index in [-0.39, 0.29) is 54.8 Å². The minimum Gasteiger partial charge on any atom is -0.489 e. The Morgan fingerprint density at radius 3 is 2.44 bits per heavy atom. The van der Waals surface area contributed by atoms with Crippen LogP contribution >= 0.6 is 0 Å². The zero-order valence-electron chi connectivity index (χ0n) is 27.2. The van der Waals surface area contributed by atoms with Crippen molar-refractivity contribution >= 4 is 41.6 Å². The third kappa shape index (κ3) is 8.09. The summed E-state index contributed by atoms with van der Waals surface area (Å²) in [6, 6.07) is 5.16. The molecule has 0 spiro atoms. The molecule has 1 aromatic rings. The molecular formula is C31H45B3FN3O5. The molecule has 1 unspecified atom stereocenters. The van der Waals surface area contributed by atoms with Crippen LogP contribution < -0.4 is 5.32 Å². The van der Waals surface area contributed by atoms with Crippen LogP contribution in [0.2, 0.25) is 0 Å².